The molecule has 5 heteroatoms. The standard InChI is InChI=1S/C16H24N2OS2/c19-15(11-14-3-8-21-12-14)17-13-16(4-1-2-5-16)18-6-9-20-10-7-18/h3,8,12H,1-2,4-7,9-11,13H2,(H,17,19). The Labute approximate surface area is 135 Å². The van der Waals surface area contributed by atoms with Gasteiger partial charge in [-0.15, -0.1) is 0 Å². The van der Waals surface area contributed by atoms with Gasteiger partial charge in [0.25, 0.3) is 0 Å². The van der Waals surface area contributed by atoms with Gasteiger partial charge in [-0.25, -0.2) is 0 Å². The Morgan fingerprint density at radius 1 is 1.29 bits per heavy atom. The van der Waals surface area contributed by atoms with E-state index < -0.39 is 0 Å². The third-order valence-electron chi connectivity index (χ3n) is 4.78. The number of nitrogens with one attached hydrogen (secondary N) is 1. The number of rotatable bonds is 5. The summed E-state index contributed by atoms with van der Waals surface area (Å²) in [7, 11) is 0. The van der Waals surface area contributed by atoms with Crippen LogP contribution >= 0.6 is 23.1 Å². The maximum atomic E-state index is 12.2. The summed E-state index contributed by atoms with van der Waals surface area (Å²) in [5.74, 6) is 2.65. The average molecular weight is 325 g/mol. The summed E-state index contributed by atoms with van der Waals surface area (Å²) < 4.78 is 0. The first-order valence-corrected chi connectivity index (χ1v) is 9.99. The highest BCUT2D eigenvalue weighted by atomic mass is 32.2. The molecule has 3 rings (SSSR count). The molecule has 116 valence electrons. The molecule has 0 aromatic carbocycles. The van der Waals surface area contributed by atoms with Gasteiger partial charge in [0.05, 0.1) is 6.42 Å². The second-order valence-corrected chi connectivity index (χ2v) is 8.12. The fraction of sp³-hybridized carbons (Fsp3) is 0.688. The summed E-state index contributed by atoms with van der Waals surface area (Å²) in [6.45, 7) is 3.21. The molecular formula is C16H24N2OS2. The number of carbonyl (C=O) groups excluding carboxylic acids is 1. The predicted octanol–water partition coefficient (Wildman–Crippen LogP) is 2.77. The van der Waals surface area contributed by atoms with Crippen LogP contribution in [0.1, 0.15) is 31.2 Å². The molecule has 0 unspecified atom stereocenters. The summed E-state index contributed by atoms with van der Waals surface area (Å²) >= 11 is 3.71. The minimum Gasteiger partial charge on any atom is -0.354 e. The number of amides is 1. The first kappa shape index (κ1) is 15.4. The Morgan fingerprint density at radius 3 is 2.71 bits per heavy atom. The van der Waals surface area contributed by atoms with Crippen LogP contribution < -0.4 is 5.32 Å². The van der Waals surface area contributed by atoms with Crippen LogP contribution in [0.4, 0.5) is 0 Å². The molecule has 1 aromatic rings. The molecule has 1 aliphatic carbocycles. The third-order valence-corrected chi connectivity index (χ3v) is 6.45. The van der Waals surface area contributed by atoms with Crippen molar-refractivity contribution in [2.24, 2.45) is 0 Å². The molecule has 0 atom stereocenters. The van der Waals surface area contributed by atoms with Crippen LogP contribution in [0.2, 0.25) is 0 Å². The van der Waals surface area contributed by atoms with Crippen LogP contribution in [-0.4, -0.2) is 47.5 Å². The molecule has 2 aliphatic rings. The first-order chi connectivity index (χ1) is 10.3. The van der Waals surface area contributed by atoms with E-state index in [1.807, 2.05) is 11.4 Å². The lowest BCUT2D eigenvalue weighted by Gasteiger charge is -2.43. The van der Waals surface area contributed by atoms with Crippen molar-refractivity contribution in [3.63, 3.8) is 0 Å². The van der Waals surface area contributed by atoms with Crippen molar-refractivity contribution in [2.45, 2.75) is 37.6 Å². The van der Waals surface area contributed by atoms with E-state index in [-0.39, 0.29) is 11.4 Å². The Balaban J connectivity index is 1.56. The topological polar surface area (TPSA) is 32.3 Å². The van der Waals surface area contributed by atoms with Gasteiger partial charge in [0.15, 0.2) is 0 Å². The molecule has 1 amide bonds. The fourth-order valence-electron chi connectivity index (χ4n) is 3.58. The molecule has 1 saturated heterocycles. The van der Waals surface area contributed by atoms with Crippen LogP contribution in [-0.2, 0) is 11.2 Å². The minimum absolute atomic E-state index is 0.172. The van der Waals surface area contributed by atoms with Gasteiger partial charge in [-0.2, -0.15) is 23.1 Å². The SMILES string of the molecule is O=C(Cc1ccsc1)NCC1(N2CCSCC2)CCCC1. The lowest BCUT2D eigenvalue weighted by molar-refractivity contribution is -0.121. The molecule has 3 nitrogen and oxygen atoms in total. The zero-order chi connectivity index (χ0) is 14.5. The molecule has 2 heterocycles. The number of hydrogen-bond donors (Lipinski definition) is 1. The highest BCUT2D eigenvalue weighted by molar-refractivity contribution is 7.99. The summed E-state index contributed by atoms with van der Waals surface area (Å²) in [5.41, 5.74) is 1.37. The van der Waals surface area contributed by atoms with Crippen molar-refractivity contribution in [1.29, 1.82) is 0 Å². The average Bonchev–Trinajstić information content (AvgIpc) is 3.18. The van der Waals surface area contributed by atoms with Gasteiger partial charge in [-0.05, 0) is 35.2 Å². The summed E-state index contributed by atoms with van der Waals surface area (Å²) in [4.78, 5) is 14.8. The monoisotopic (exact) mass is 324 g/mol. The van der Waals surface area contributed by atoms with Crippen LogP contribution in [0.25, 0.3) is 0 Å². The van der Waals surface area contributed by atoms with Crippen LogP contribution in [0, 0.1) is 0 Å². The quantitative estimate of drug-likeness (QED) is 0.904. The van der Waals surface area contributed by atoms with E-state index in [4.69, 9.17) is 0 Å². The van der Waals surface area contributed by atoms with Gasteiger partial charge in [-0.1, -0.05) is 12.8 Å². The molecular weight excluding hydrogens is 300 g/mol. The zero-order valence-electron chi connectivity index (χ0n) is 12.5. The van der Waals surface area contributed by atoms with Gasteiger partial charge >= 0.3 is 0 Å². The van der Waals surface area contributed by atoms with Crippen molar-refractivity contribution >= 4 is 29.0 Å². The number of carbonyl (C=O) groups is 1. The van der Waals surface area contributed by atoms with Gasteiger partial charge < -0.3 is 5.32 Å². The van der Waals surface area contributed by atoms with Crippen molar-refractivity contribution in [1.82, 2.24) is 10.2 Å². The summed E-state index contributed by atoms with van der Waals surface area (Å²) in [5, 5.41) is 7.31. The highest BCUT2D eigenvalue weighted by Gasteiger charge is 2.40. The Morgan fingerprint density at radius 2 is 2.05 bits per heavy atom. The molecule has 21 heavy (non-hydrogen) atoms. The Hall–Kier alpha value is -0.520. The zero-order valence-corrected chi connectivity index (χ0v) is 14.1. The summed E-state index contributed by atoms with van der Waals surface area (Å²) in [6.07, 6.45) is 5.64. The Bertz CT molecular complexity index is 449. The van der Waals surface area contributed by atoms with E-state index >= 15 is 0 Å². The minimum atomic E-state index is 0.172. The lowest BCUT2D eigenvalue weighted by atomic mass is 9.94. The Kier molecular flexibility index (Phi) is 5.24. The van der Waals surface area contributed by atoms with Crippen LogP contribution in [0.5, 0.6) is 0 Å². The van der Waals surface area contributed by atoms with Gasteiger partial charge in [0.2, 0.25) is 5.91 Å². The van der Waals surface area contributed by atoms with E-state index in [0.717, 1.165) is 12.1 Å². The second-order valence-electron chi connectivity index (χ2n) is 6.12. The molecule has 1 saturated carbocycles. The second kappa shape index (κ2) is 7.16. The maximum absolute atomic E-state index is 12.2. The number of thioether (sulfide) groups is 1. The van der Waals surface area contributed by atoms with Gasteiger partial charge in [0, 0.05) is 36.7 Å². The molecule has 1 aromatic heterocycles. The van der Waals surface area contributed by atoms with Crippen LogP contribution in [0.15, 0.2) is 16.8 Å². The number of hydrogen-bond acceptors (Lipinski definition) is 4. The normalized spacial score (nSPS) is 22.3. The lowest BCUT2D eigenvalue weighted by Crippen LogP contribution is -2.56. The summed E-state index contributed by atoms with van der Waals surface area (Å²) in [6, 6.07) is 2.04. The van der Waals surface area contributed by atoms with Crippen molar-refractivity contribution in [2.75, 3.05) is 31.1 Å². The molecule has 1 N–H and O–H groups in total. The fourth-order valence-corrected chi connectivity index (χ4v) is 5.15. The van der Waals surface area contributed by atoms with Gasteiger partial charge in [-0.3, -0.25) is 9.69 Å². The third kappa shape index (κ3) is 3.82. The van der Waals surface area contributed by atoms with Crippen molar-refractivity contribution in [3.8, 4) is 0 Å². The van der Waals surface area contributed by atoms with E-state index in [1.54, 1.807) is 11.3 Å². The molecule has 0 spiro atoms. The van der Waals surface area contributed by atoms with E-state index in [1.165, 1.54) is 50.3 Å². The van der Waals surface area contributed by atoms with E-state index in [0.29, 0.717) is 6.42 Å². The number of thiophene rings is 1. The predicted molar refractivity (Wildman–Crippen MR) is 91.1 cm³/mol. The largest absolute Gasteiger partial charge is 0.354 e. The van der Waals surface area contributed by atoms with Crippen LogP contribution in [0.3, 0.4) is 0 Å². The highest BCUT2D eigenvalue weighted by Crippen LogP contribution is 2.36. The number of nitrogens with zero attached hydrogens (tertiary/aromatic N) is 1. The van der Waals surface area contributed by atoms with E-state index in [9.17, 15) is 4.79 Å². The first-order valence-electron chi connectivity index (χ1n) is 7.89. The van der Waals surface area contributed by atoms with E-state index in [2.05, 4.69) is 27.4 Å². The molecule has 0 radical (unpaired) electrons. The van der Waals surface area contributed by atoms with Crippen molar-refractivity contribution < 1.29 is 4.79 Å². The van der Waals surface area contributed by atoms with Crippen molar-refractivity contribution in [3.05, 3.63) is 22.4 Å². The molecule has 0 bridgehead atoms. The smallest absolute Gasteiger partial charge is 0.224 e. The maximum Gasteiger partial charge on any atom is 0.224 e. The molecule has 2 fully saturated rings. The molecule has 1 aliphatic heterocycles. The van der Waals surface area contributed by atoms with Gasteiger partial charge in [0.1, 0.15) is 0 Å².